The average Bonchev–Trinajstić information content (AvgIpc) is 3.39. The zero-order chi connectivity index (χ0) is 29.9. The molecule has 5 rings (SSSR count). The van der Waals surface area contributed by atoms with Crippen LogP contribution in [-0.2, 0) is 16.6 Å². The van der Waals surface area contributed by atoms with E-state index >= 15 is 0 Å². The Morgan fingerprint density at radius 2 is 1.62 bits per heavy atom. The molecule has 2 aromatic carbocycles. The van der Waals surface area contributed by atoms with Crippen LogP contribution in [0.15, 0.2) is 54.6 Å². The van der Waals surface area contributed by atoms with E-state index in [4.69, 9.17) is 5.10 Å². The van der Waals surface area contributed by atoms with Gasteiger partial charge >= 0.3 is 6.03 Å². The van der Waals surface area contributed by atoms with Gasteiger partial charge in [0.1, 0.15) is 5.82 Å². The third-order valence-corrected chi connectivity index (χ3v) is 9.15. The number of amides is 3. The highest BCUT2D eigenvalue weighted by Gasteiger charge is 2.38. The van der Waals surface area contributed by atoms with Gasteiger partial charge in [0.05, 0.1) is 11.4 Å². The Labute approximate surface area is 251 Å². The number of urea groups is 1. The second-order valence-corrected chi connectivity index (χ2v) is 13.7. The summed E-state index contributed by atoms with van der Waals surface area (Å²) in [5.41, 5.74) is 4.58. The minimum Gasteiger partial charge on any atom is -0.342 e. The van der Waals surface area contributed by atoms with E-state index in [0.717, 1.165) is 67.8 Å². The number of piperidine rings is 1. The van der Waals surface area contributed by atoms with Crippen LogP contribution in [0.4, 0.5) is 16.3 Å². The van der Waals surface area contributed by atoms with Crippen LogP contribution in [0.5, 0.6) is 0 Å². The second kappa shape index (κ2) is 12.3. The minimum atomic E-state index is -0.294. The molecule has 7 heteroatoms. The molecule has 1 saturated heterocycles. The van der Waals surface area contributed by atoms with Crippen LogP contribution in [-0.4, -0.2) is 39.7 Å². The van der Waals surface area contributed by atoms with Crippen molar-refractivity contribution in [2.45, 2.75) is 91.4 Å². The van der Waals surface area contributed by atoms with Gasteiger partial charge in [-0.05, 0) is 68.7 Å². The van der Waals surface area contributed by atoms with Crippen molar-refractivity contribution in [1.82, 2.24) is 14.7 Å². The number of nitrogens with zero attached hydrogens (tertiary/aromatic N) is 3. The van der Waals surface area contributed by atoms with Gasteiger partial charge in [-0.15, -0.1) is 0 Å². The maximum Gasteiger partial charge on any atom is 0.324 e. The van der Waals surface area contributed by atoms with Crippen molar-refractivity contribution in [3.63, 3.8) is 0 Å². The smallest absolute Gasteiger partial charge is 0.324 e. The number of benzene rings is 2. The number of carbonyl (C=O) groups is 2. The van der Waals surface area contributed by atoms with Gasteiger partial charge in [-0.3, -0.25) is 10.1 Å². The molecule has 1 aliphatic heterocycles. The topological polar surface area (TPSA) is 79.3 Å². The predicted octanol–water partition coefficient (Wildman–Crippen LogP) is 7.87. The summed E-state index contributed by atoms with van der Waals surface area (Å²) in [7, 11) is 0. The van der Waals surface area contributed by atoms with Crippen molar-refractivity contribution in [3.05, 3.63) is 71.4 Å². The number of hydrogen-bond acceptors (Lipinski definition) is 3. The van der Waals surface area contributed by atoms with Crippen LogP contribution in [0.2, 0.25) is 0 Å². The lowest BCUT2D eigenvalue weighted by molar-refractivity contribution is -0.144. The normalized spacial score (nSPS) is 17.6. The predicted molar refractivity (Wildman–Crippen MR) is 170 cm³/mol. The molecular formula is C35H47N5O2. The van der Waals surface area contributed by atoms with Gasteiger partial charge in [0.2, 0.25) is 5.91 Å². The molecule has 0 unspecified atom stereocenters. The standard InChI is InChI=1S/C35H47N5O2/c1-25-13-15-28(16-14-25)40-31(24-30(38-40)34(2,3)4)37-33(42)36-29-12-8-7-11-27(29)23-26-17-21-39(22-18-26)32(41)35(5)19-9-6-10-20-35/h7-8,11-16,24,26H,6,9-10,17-23H2,1-5H3,(H2,36,37,42). The summed E-state index contributed by atoms with van der Waals surface area (Å²) in [5, 5.41) is 11.0. The van der Waals surface area contributed by atoms with Gasteiger partial charge in [0.15, 0.2) is 0 Å². The van der Waals surface area contributed by atoms with E-state index in [0.29, 0.717) is 17.6 Å². The summed E-state index contributed by atoms with van der Waals surface area (Å²) in [5.74, 6) is 1.47. The van der Waals surface area contributed by atoms with Crippen molar-refractivity contribution < 1.29 is 9.59 Å². The van der Waals surface area contributed by atoms with Gasteiger partial charge in [0, 0.05) is 35.7 Å². The van der Waals surface area contributed by atoms with E-state index in [9.17, 15) is 9.59 Å². The lowest BCUT2D eigenvalue weighted by atomic mass is 9.74. The maximum atomic E-state index is 13.3. The largest absolute Gasteiger partial charge is 0.342 e. The third kappa shape index (κ3) is 6.88. The highest BCUT2D eigenvalue weighted by atomic mass is 16.2. The molecule has 2 aliphatic rings. The maximum absolute atomic E-state index is 13.3. The summed E-state index contributed by atoms with van der Waals surface area (Å²) >= 11 is 0. The Bertz CT molecular complexity index is 1390. The molecule has 1 aliphatic carbocycles. The first-order valence-electron chi connectivity index (χ1n) is 15.6. The molecule has 1 aromatic heterocycles. The molecule has 3 aromatic rings. The second-order valence-electron chi connectivity index (χ2n) is 13.7. The Hall–Kier alpha value is -3.61. The molecule has 2 heterocycles. The van der Waals surface area contributed by atoms with Gasteiger partial charge in [0.25, 0.3) is 0 Å². The van der Waals surface area contributed by atoms with E-state index in [1.807, 2.05) is 48.5 Å². The molecule has 0 spiro atoms. The lowest BCUT2D eigenvalue weighted by Gasteiger charge is -2.40. The van der Waals surface area contributed by atoms with Crippen molar-refractivity contribution in [2.75, 3.05) is 23.7 Å². The van der Waals surface area contributed by atoms with Gasteiger partial charge < -0.3 is 10.2 Å². The van der Waals surface area contributed by atoms with Crippen molar-refractivity contribution in [1.29, 1.82) is 0 Å². The van der Waals surface area contributed by atoms with Crippen LogP contribution in [0, 0.1) is 18.3 Å². The Morgan fingerprint density at radius 3 is 2.29 bits per heavy atom. The van der Waals surface area contributed by atoms with Crippen molar-refractivity contribution in [3.8, 4) is 5.69 Å². The summed E-state index contributed by atoms with van der Waals surface area (Å²) in [4.78, 5) is 28.7. The van der Waals surface area contributed by atoms with E-state index in [-0.39, 0.29) is 16.9 Å². The van der Waals surface area contributed by atoms with Crippen LogP contribution >= 0.6 is 0 Å². The Balaban J connectivity index is 1.23. The van der Waals surface area contributed by atoms with Gasteiger partial charge in [-0.1, -0.05) is 82.9 Å². The van der Waals surface area contributed by atoms with Crippen molar-refractivity contribution >= 4 is 23.4 Å². The number of para-hydroxylation sites is 1. The quantitative estimate of drug-likeness (QED) is 0.317. The Kier molecular flexibility index (Phi) is 8.76. The van der Waals surface area contributed by atoms with E-state index in [2.05, 4.69) is 56.2 Å². The molecule has 0 radical (unpaired) electrons. The summed E-state index contributed by atoms with van der Waals surface area (Å²) in [6, 6.07) is 17.8. The molecule has 42 heavy (non-hydrogen) atoms. The molecule has 0 atom stereocenters. The first-order chi connectivity index (χ1) is 20.0. The van der Waals surface area contributed by atoms with E-state index in [1.165, 1.54) is 24.8 Å². The zero-order valence-corrected chi connectivity index (χ0v) is 26.0. The van der Waals surface area contributed by atoms with Crippen LogP contribution in [0.1, 0.15) is 89.5 Å². The molecule has 1 saturated carbocycles. The first-order valence-corrected chi connectivity index (χ1v) is 15.6. The molecule has 3 amide bonds. The van der Waals surface area contributed by atoms with E-state index < -0.39 is 0 Å². The fourth-order valence-corrected chi connectivity index (χ4v) is 6.39. The fourth-order valence-electron chi connectivity index (χ4n) is 6.39. The number of nitrogens with one attached hydrogen (secondary N) is 2. The number of carbonyl (C=O) groups excluding carboxylic acids is 2. The number of anilines is 2. The monoisotopic (exact) mass is 569 g/mol. The molecule has 2 N–H and O–H groups in total. The SMILES string of the molecule is Cc1ccc(-n2nc(C(C)(C)C)cc2NC(=O)Nc2ccccc2CC2CCN(C(=O)C3(C)CCCCC3)CC2)cc1. The average molecular weight is 570 g/mol. The summed E-state index contributed by atoms with van der Waals surface area (Å²) in [6.45, 7) is 12.2. The molecule has 7 nitrogen and oxygen atoms in total. The highest BCUT2D eigenvalue weighted by molar-refractivity contribution is 6.00. The number of aromatic nitrogens is 2. The minimum absolute atomic E-state index is 0.163. The summed E-state index contributed by atoms with van der Waals surface area (Å²) < 4.78 is 1.80. The highest BCUT2D eigenvalue weighted by Crippen LogP contribution is 2.38. The molecule has 0 bridgehead atoms. The van der Waals surface area contributed by atoms with Crippen molar-refractivity contribution in [2.24, 2.45) is 11.3 Å². The number of aryl methyl sites for hydroxylation is 1. The molecule has 224 valence electrons. The van der Waals surface area contributed by atoms with Crippen LogP contribution in [0.25, 0.3) is 5.69 Å². The van der Waals surface area contributed by atoms with Gasteiger partial charge in [-0.25, -0.2) is 9.48 Å². The molecule has 2 fully saturated rings. The zero-order valence-electron chi connectivity index (χ0n) is 26.0. The van der Waals surface area contributed by atoms with Crippen LogP contribution < -0.4 is 10.6 Å². The first kappa shape index (κ1) is 29.9. The van der Waals surface area contributed by atoms with Gasteiger partial charge in [-0.2, -0.15) is 5.10 Å². The number of rotatable bonds is 6. The Morgan fingerprint density at radius 1 is 0.952 bits per heavy atom. The van der Waals surface area contributed by atoms with E-state index in [1.54, 1.807) is 4.68 Å². The summed E-state index contributed by atoms with van der Waals surface area (Å²) in [6.07, 6.45) is 8.51. The fraction of sp³-hybridized carbons (Fsp3) is 0.514. The molecular weight excluding hydrogens is 522 g/mol. The van der Waals surface area contributed by atoms with Crippen LogP contribution in [0.3, 0.4) is 0 Å². The number of likely N-dealkylation sites (tertiary alicyclic amines) is 1. The third-order valence-electron chi connectivity index (χ3n) is 9.15. The lowest BCUT2D eigenvalue weighted by Crippen LogP contribution is -2.47. The number of hydrogen-bond donors (Lipinski definition) is 2.